The lowest BCUT2D eigenvalue weighted by Gasteiger charge is -2.31. The summed E-state index contributed by atoms with van der Waals surface area (Å²) in [7, 11) is 0. The molecular weight excluding hydrogens is 395 g/mol. The van der Waals surface area contributed by atoms with Crippen LogP contribution in [0.1, 0.15) is 23.2 Å². The molecule has 1 saturated heterocycles. The van der Waals surface area contributed by atoms with Crippen molar-refractivity contribution in [2.75, 3.05) is 13.1 Å². The SMILES string of the molecule is N[C@@H]1CCCN(C(=O)c2cc(I)ccc2Br)C1. The molecule has 0 aromatic heterocycles. The highest BCUT2D eigenvalue weighted by molar-refractivity contribution is 14.1. The first-order valence-electron chi connectivity index (χ1n) is 5.58. The van der Waals surface area contributed by atoms with Crippen LogP contribution in [0, 0.1) is 3.57 Å². The van der Waals surface area contributed by atoms with Gasteiger partial charge in [0.2, 0.25) is 0 Å². The van der Waals surface area contributed by atoms with Gasteiger partial charge in [0.25, 0.3) is 5.91 Å². The summed E-state index contributed by atoms with van der Waals surface area (Å²) < 4.78 is 1.91. The molecular formula is C12H14BrIN2O. The second-order valence-corrected chi connectivity index (χ2v) is 6.38. The van der Waals surface area contributed by atoms with Crippen LogP contribution in [0.4, 0.5) is 0 Å². The fourth-order valence-electron chi connectivity index (χ4n) is 2.03. The van der Waals surface area contributed by atoms with Gasteiger partial charge in [-0.25, -0.2) is 0 Å². The van der Waals surface area contributed by atoms with E-state index >= 15 is 0 Å². The number of amides is 1. The maximum Gasteiger partial charge on any atom is 0.255 e. The van der Waals surface area contributed by atoms with Gasteiger partial charge in [-0.05, 0) is 69.6 Å². The maximum atomic E-state index is 12.4. The lowest BCUT2D eigenvalue weighted by atomic mass is 10.1. The van der Waals surface area contributed by atoms with E-state index in [2.05, 4.69) is 38.5 Å². The van der Waals surface area contributed by atoms with Crippen molar-refractivity contribution >= 4 is 44.4 Å². The minimum absolute atomic E-state index is 0.0746. The zero-order chi connectivity index (χ0) is 12.4. The van der Waals surface area contributed by atoms with Gasteiger partial charge < -0.3 is 10.6 Å². The largest absolute Gasteiger partial charge is 0.337 e. The summed E-state index contributed by atoms with van der Waals surface area (Å²) in [4.78, 5) is 14.2. The van der Waals surface area contributed by atoms with Crippen LogP contribution in [-0.4, -0.2) is 29.9 Å². The number of carbonyl (C=O) groups is 1. The summed E-state index contributed by atoms with van der Waals surface area (Å²) in [6.07, 6.45) is 2.01. The minimum atomic E-state index is 0.0746. The number of nitrogens with zero attached hydrogens (tertiary/aromatic N) is 1. The summed E-state index contributed by atoms with van der Waals surface area (Å²) in [5.74, 6) is 0.0746. The number of halogens is 2. The van der Waals surface area contributed by atoms with Crippen molar-refractivity contribution in [2.45, 2.75) is 18.9 Å². The third-order valence-corrected chi connectivity index (χ3v) is 4.27. The molecule has 0 saturated carbocycles. The van der Waals surface area contributed by atoms with Crippen LogP contribution < -0.4 is 5.73 Å². The van der Waals surface area contributed by atoms with Crippen LogP contribution in [0.2, 0.25) is 0 Å². The van der Waals surface area contributed by atoms with E-state index in [0.717, 1.165) is 33.0 Å². The van der Waals surface area contributed by atoms with Crippen LogP contribution in [0.5, 0.6) is 0 Å². The van der Waals surface area contributed by atoms with E-state index in [0.29, 0.717) is 6.54 Å². The van der Waals surface area contributed by atoms with Crippen molar-refractivity contribution in [3.05, 3.63) is 31.8 Å². The van der Waals surface area contributed by atoms with Crippen LogP contribution in [0.15, 0.2) is 22.7 Å². The Bertz CT molecular complexity index is 439. The average Bonchev–Trinajstić information content (AvgIpc) is 2.31. The van der Waals surface area contributed by atoms with Crippen molar-refractivity contribution in [3.8, 4) is 0 Å². The molecule has 2 N–H and O–H groups in total. The zero-order valence-corrected chi connectivity index (χ0v) is 13.1. The molecule has 1 aliphatic heterocycles. The minimum Gasteiger partial charge on any atom is -0.337 e. The quantitative estimate of drug-likeness (QED) is 0.726. The molecule has 3 nitrogen and oxygen atoms in total. The van der Waals surface area contributed by atoms with Gasteiger partial charge in [0, 0.05) is 27.2 Å². The van der Waals surface area contributed by atoms with Gasteiger partial charge in [-0.3, -0.25) is 4.79 Å². The lowest BCUT2D eigenvalue weighted by Crippen LogP contribution is -2.45. The molecule has 1 aliphatic rings. The highest BCUT2D eigenvalue weighted by atomic mass is 127. The van der Waals surface area contributed by atoms with Gasteiger partial charge in [-0.15, -0.1) is 0 Å². The molecule has 0 radical (unpaired) electrons. The second-order valence-electron chi connectivity index (χ2n) is 4.28. The summed E-state index contributed by atoms with van der Waals surface area (Å²) in [5.41, 5.74) is 6.63. The molecule has 0 spiro atoms. The van der Waals surface area contributed by atoms with E-state index < -0.39 is 0 Å². The Morgan fingerprint density at radius 1 is 1.53 bits per heavy atom. The number of carbonyl (C=O) groups excluding carboxylic acids is 1. The van der Waals surface area contributed by atoms with E-state index in [1.165, 1.54) is 0 Å². The molecule has 0 aliphatic carbocycles. The van der Waals surface area contributed by atoms with Gasteiger partial charge in [-0.2, -0.15) is 0 Å². The summed E-state index contributed by atoms with van der Waals surface area (Å²) in [6, 6.07) is 5.92. The van der Waals surface area contributed by atoms with Crippen molar-refractivity contribution in [1.29, 1.82) is 0 Å². The standard InChI is InChI=1S/C12H14BrIN2O/c13-11-4-3-8(14)6-10(11)12(17)16-5-1-2-9(15)7-16/h3-4,6,9H,1-2,5,7,15H2/t9-/m1/s1. The van der Waals surface area contributed by atoms with Gasteiger partial charge in [-0.1, -0.05) is 0 Å². The third kappa shape index (κ3) is 3.20. The van der Waals surface area contributed by atoms with Gasteiger partial charge in [0.05, 0.1) is 5.56 Å². The molecule has 1 aromatic rings. The van der Waals surface area contributed by atoms with Crippen molar-refractivity contribution in [3.63, 3.8) is 0 Å². The molecule has 1 heterocycles. The Kier molecular flexibility index (Phi) is 4.43. The zero-order valence-electron chi connectivity index (χ0n) is 9.33. The Morgan fingerprint density at radius 2 is 2.29 bits per heavy atom. The highest BCUT2D eigenvalue weighted by Crippen LogP contribution is 2.22. The van der Waals surface area contributed by atoms with Crippen molar-refractivity contribution in [2.24, 2.45) is 5.73 Å². The van der Waals surface area contributed by atoms with E-state index in [1.54, 1.807) is 0 Å². The fourth-order valence-corrected chi connectivity index (χ4v) is 2.93. The summed E-state index contributed by atoms with van der Waals surface area (Å²) in [6.45, 7) is 1.47. The Hall–Kier alpha value is -0.140. The summed E-state index contributed by atoms with van der Waals surface area (Å²) in [5, 5.41) is 0. The number of hydrogen-bond donors (Lipinski definition) is 1. The van der Waals surface area contributed by atoms with Crippen LogP contribution in [0.3, 0.4) is 0 Å². The molecule has 1 amide bonds. The molecule has 92 valence electrons. The van der Waals surface area contributed by atoms with E-state index in [1.807, 2.05) is 23.1 Å². The molecule has 17 heavy (non-hydrogen) atoms. The van der Waals surface area contributed by atoms with Crippen molar-refractivity contribution < 1.29 is 4.79 Å². The van der Waals surface area contributed by atoms with E-state index in [-0.39, 0.29) is 11.9 Å². The Balaban J connectivity index is 2.21. The average molecular weight is 409 g/mol. The molecule has 1 atom stereocenters. The molecule has 0 bridgehead atoms. The predicted octanol–water partition coefficient (Wildman–Crippen LogP) is 2.62. The fraction of sp³-hybridized carbons (Fsp3) is 0.417. The van der Waals surface area contributed by atoms with Crippen molar-refractivity contribution in [1.82, 2.24) is 4.90 Å². The number of hydrogen-bond acceptors (Lipinski definition) is 2. The topological polar surface area (TPSA) is 46.3 Å². The second kappa shape index (κ2) is 5.67. The molecule has 1 aromatic carbocycles. The lowest BCUT2D eigenvalue weighted by molar-refractivity contribution is 0.0708. The highest BCUT2D eigenvalue weighted by Gasteiger charge is 2.23. The first-order valence-corrected chi connectivity index (χ1v) is 7.45. The first-order chi connectivity index (χ1) is 8.08. The van der Waals surface area contributed by atoms with Gasteiger partial charge in [0.15, 0.2) is 0 Å². The monoisotopic (exact) mass is 408 g/mol. The first kappa shape index (κ1) is 13.3. The molecule has 5 heteroatoms. The summed E-state index contributed by atoms with van der Waals surface area (Å²) >= 11 is 5.64. The molecule has 2 rings (SSSR count). The molecule has 1 fully saturated rings. The number of benzene rings is 1. The third-order valence-electron chi connectivity index (χ3n) is 2.90. The van der Waals surface area contributed by atoms with Crippen LogP contribution in [-0.2, 0) is 0 Å². The van der Waals surface area contributed by atoms with Crippen LogP contribution in [0.25, 0.3) is 0 Å². The normalized spacial score (nSPS) is 20.4. The number of likely N-dealkylation sites (tertiary alicyclic amines) is 1. The van der Waals surface area contributed by atoms with Gasteiger partial charge in [0.1, 0.15) is 0 Å². The van der Waals surface area contributed by atoms with Gasteiger partial charge >= 0.3 is 0 Å². The van der Waals surface area contributed by atoms with E-state index in [4.69, 9.17) is 5.73 Å². The number of nitrogens with two attached hydrogens (primary N) is 1. The smallest absolute Gasteiger partial charge is 0.255 e. The van der Waals surface area contributed by atoms with E-state index in [9.17, 15) is 4.79 Å². The molecule has 0 unspecified atom stereocenters. The number of rotatable bonds is 1. The Labute approximate surface area is 123 Å². The van der Waals surface area contributed by atoms with Crippen LogP contribution >= 0.6 is 38.5 Å². The maximum absolute atomic E-state index is 12.4. The number of piperidine rings is 1. The predicted molar refractivity (Wildman–Crippen MR) is 80.0 cm³/mol. The Morgan fingerprint density at radius 3 is 3.00 bits per heavy atom.